The molecule has 1 amide bonds. The Hall–Kier alpha value is -3.19. The molecule has 3 aromatic rings. The lowest BCUT2D eigenvalue weighted by Crippen LogP contribution is -2.47. The van der Waals surface area contributed by atoms with Gasteiger partial charge in [0, 0.05) is 68.6 Å². The second-order valence-corrected chi connectivity index (χ2v) is 7.75. The van der Waals surface area contributed by atoms with E-state index in [-0.39, 0.29) is 5.91 Å². The van der Waals surface area contributed by atoms with Gasteiger partial charge in [0.15, 0.2) is 5.82 Å². The summed E-state index contributed by atoms with van der Waals surface area (Å²) in [6.45, 7) is 10.1. The van der Waals surface area contributed by atoms with E-state index in [1.54, 1.807) is 6.08 Å². The maximum absolute atomic E-state index is 12.7. The Kier molecular flexibility index (Phi) is 5.81. The molecule has 0 spiro atoms. The van der Waals surface area contributed by atoms with E-state index in [1.807, 2.05) is 66.9 Å². The Bertz CT molecular complexity index is 1040. The molecule has 4 rings (SSSR count). The number of aromatic nitrogens is 3. The van der Waals surface area contributed by atoms with Gasteiger partial charge in [-0.15, -0.1) is 0 Å². The van der Waals surface area contributed by atoms with Gasteiger partial charge >= 0.3 is 0 Å². The topological polar surface area (TPSA) is 67.4 Å². The first-order valence-electron chi connectivity index (χ1n) is 10.2. The van der Waals surface area contributed by atoms with Gasteiger partial charge in [-0.2, -0.15) is 0 Å². The molecule has 4 heterocycles. The van der Waals surface area contributed by atoms with E-state index >= 15 is 0 Å². The second kappa shape index (κ2) is 8.67. The van der Waals surface area contributed by atoms with Crippen LogP contribution in [0.2, 0.25) is 0 Å². The third-order valence-electron chi connectivity index (χ3n) is 5.56. The van der Waals surface area contributed by atoms with E-state index in [0.717, 1.165) is 61.3 Å². The standard InChI is InChI=1S/C23H27N5O2/c1-17-14-21(19(3)28(17)22-15-18(2)30-25-22)4-5-23(29)27-12-10-26(11-13-27)16-20-6-8-24-9-7-20/h4-9,14-15H,10-13,16H2,1-3H3. The van der Waals surface area contributed by atoms with Crippen molar-refractivity contribution in [3.8, 4) is 5.82 Å². The molecule has 30 heavy (non-hydrogen) atoms. The molecule has 0 N–H and O–H groups in total. The van der Waals surface area contributed by atoms with Crippen LogP contribution in [0.5, 0.6) is 0 Å². The molecule has 0 saturated carbocycles. The van der Waals surface area contributed by atoms with Crippen molar-refractivity contribution in [2.24, 2.45) is 0 Å². The fourth-order valence-electron chi connectivity index (χ4n) is 3.91. The zero-order chi connectivity index (χ0) is 21.1. The molecular weight excluding hydrogens is 378 g/mol. The Morgan fingerprint density at radius 1 is 1.10 bits per heavy atom. The molecule has 0 bridgehead atoms. The third kappa shape index (κ3) is 4.36. The zero-order valence-corrected chi connectivity index (χ0v) is 17.7. The normalized spacial score (nSPS) is 15.2. The number of carbonyl (C=O) groups is 1. The highest BCUT2D eigenvalue weighted by atomic mass is 16.5. The number of hydrogen-bond donors (Lipinski definition) is 0. The van der Waals surface area contributed by atoms with Gasteiger partial charge in [-0.3, -0.25) is 19.2 Å². The average Bonchev–Trinajstić information content (AvgIpc) is 3.29. The van der Waals surface area contributed by atoms with Gasteiger partial charge in [0.25, 0.3) is 0 Å². The zero-order valence-electron chi connectivity index (χ0n) is 17.7. The van der Waals surface area contributed by atoms with E-state index in [2.05, 4.69) is 21.1 Å². The summed E-state index contributed by atoms with van der Waals surface area (Å²) in [5.74, 6) is 1.59. The molecular formula is C23H27N5O2. The van der Waals surface area contributed by atoms with E-state index in [0.29, 0.717) is 0 Å². The second-order valence-electron chi connectivity index (χ2n) is 7.75. The fourth-order valence-corrected chi connectivity index (χ4v) is 3.91. The number of carbonyl (C=O) groups excluding carboxylic acids is 1. The maximum Gasteiger partial charge on any atom is 0.246 e. The van der Waals surface area contributed by atoms with Gasteiger partial charge in [-0.25, -0.2) is 0 Å². The predicted molar refractivity (Wildman–Crippen MR) is 115 cm³/mol. The van der Waals surface area contributed by atoms with Crippen molar-refractivity contribution in [3.05, 3.63) is 71.0 Å². The summed E-state index contributed by atoms with van der Waals surface area (Å²) in [4.78, 5) is 21.0. The van der Waals surface area contributed by atoms with Gasteiger partial charge in [-0.05, 0) is 56.2 Å². The van der Waals surface area contributed by atoms with E-state index in [4.69, 9.17) is 4.52 Å². The van der Waals surface area contributed by atoms with E-state index in [9.17, 15) is 4.79 Å². The molecule has 1 aliphatic rings. The lowest BCUT2D eigenvalue weighted by Gasteiger charge is -2.34. The van der Waals surface area contributed by atoms with Gasteiger partial charge in [0.1, 0.15) is 5.76 Å². The molecule has 0 atom stereocenters. The summed E-state index contributed by atoms with van der Waals surface area (Å²) in [7, 11) is 0. The van der Waals surface area contributed by atoms with Crippen LogP contribution in [0.4, 0.5) is 0 Å². The smallest absolute Gasteiger partial charge is 0.246 e. The first-order chi connectivity index (χ1) is 14.5. The molecule has 1 saturated heterocycles. The van der Waals surface area contributed by atoms with E-state index < -0.39 is 0 Å². The van der Waals surface area contributed by atoms with Crippen molar-refractivity contribution < 1.29 is 9.32 Å². The van der Waals surface area contributed by atoms with Crippen LogP contribution in [0.25, 0.3) is 11.9 Å². The lowest BCUT2D eigenvalue weighted by molar-refractivity contribution is -0.127. The molecule has 7 heteroatoms. The van der Waals surface area contributed by atoms with Gasteiger partial charge < -0.3 is 9.42 Å². The number of nitrogens with zero attached hydrogens (tertiary/aromatic N) is 5. The lowest BCUT2D eigenvalue weighted by atomic mass is 10.2. The van der Waals surface area contributed by atoms with Crippen LogP contribution in [-0.4, -0.2) is 56.6 Å². The van der Waals surface area contributed by atoms with Crippen LogP contribution in [0.3, 0.4) is 0 Å². The first kappa shape index (κ1) is 20.1. The molecule has 0 aliphatic carbocycles. The summed E-state index contributed by atoms with van der Waals surface area (Å²) in [5.41, 5.74) is 4.35. The van der Waals surface area contributed by atoms with Crippen LogP contribution in [-0.2, 0) is 11.3 Å². The molecule has 156 valence electrons. The van der Waals surface area contributed by atoms with Crippen molar-refractivity contribution in [1.82, 2.24) is 24.5 Å². The van der Waals surface area contributed by atoms with Crippen LogP contribution >= 0.6 is 0 Å². The Morgan fingerprint density at radius 3 is 2.50 bits per heavy atom. The summed E-state index contributed by atoms with van der Waals surface area (Å²) in [6, 6.07) is 8.05. The minimum Gasteiger partial charge on any atom is -0.360 e. The largest absolute Gasteiger partial charge is 0.360 e. The monoisotopic (exact) mass is 405 g/mol. The minimum absolute atomic E-state index is 0.0562. The Labute approximate surface area is 176 Å². The molecule has 7 nitrogen and oxygen atoms in total. The fraction of sp³-hybridized carbons (Fsp3) is 0.348. The Morgan fingerprint density at radius 2 is 1.83 bits per heavy atom. The quantitative estimate of drug-likeness (QED) is 0.610. The minimum atomic E-state index is 0.0562. The molecule has 1 fully saturated rings. The molecule has 0 aromatic carbocycles. The predicted octanol–water partition coefficient (Wildman–Crippen LogP) is 3.14. The summed E-state index contributed by atoms with van der Waals surface area (Å²) >= 11 is 0. The van der Waals surface area contributed by atoms with Crippen molar-refractivity contribution in [2.75, 3.05) is 26.2 Å². The SMILES string of the molecule is Cc1cc(-n2c(C)cc(C=CC(=O)N3CCN(Cc4ccncc4)CC3)c2C)no1. The third-order valence-corrected chi connectivity index (χ3v) is 5.56. The van der Waals surface area contributed by atoms with Crippen molar-refractivity contribution in [1.29, 1.82) is 0 Å². The van der Waals surface area contributed by atoms with Crippen LogP contribution < -0.4 is 0 Å². The summed E-state index contributed by atoms with van der Waals surface area (Å²) < 4.78 is 7.25. The molecule has 0 unspecified atom stereocenters. The van der Waals surface area contributed by atoms with Crippen LogP contribution in [0, 0.1) is 20.8 Å². The molecule has 3 aromatic heterocycles. The summed E-state index contributed by atoms with van der Waals surface area (Å²) in [5, 5.41) is 4.11. The number of amides is 1. The van der Waals surface area contributed by atoms with Crippen molar-refractivity contribution in [3.63, 3.8) is 0 Å². The van der Waals surface area contributed by atoms with Gasteiger partial charge in [0.2, 0.25) is 5.91 Å². The Balaban J connectivity index is 1.37. The number of aryl methyl sites for hydroxylation is 2. The average molecular weight is 406 g/mol. The van der Waals surface area contributed by atoms with Crippen LogP contribution in [0.15, 0.2) is 47.3 Å². The van der Waals surface area contributed by atoms with E-state index in [1.165, 1.54) is 5.56 Å². The molecule has 0 radical (unpaired) electrons. The number of hydrogen-bond acceptors (Lipinski definition) is 5. The maximum atomic E-state index is 12.7. The van der Waals surface area contributed by atoms with Crippen molar-refractivity contribution in [2.45, 2.75) is 27.3 Å². The highest BCUT2D eigenvalue weighted by Crippen LogP contribution is 2.22. The number of piperazine rings is 1. The van der Waals surface area contributed by atoms with Crippen molar-refractivity contribution >= 4 is 12.0 Å². The number of rotatable bonds is 5. The van der Waals surface area contributed by atoms with Gasteiger partial charge in [-0.1, -0.05) is 5.16 Å². The highest BCUT2D eigenvalue weighted by molar-refractivity contribution is 5.92. The highest BCUT2D eigenvalue weighted by Gasteiger charge is 2.20. The summed E-state index contributed by atoms with van der Waals surface area (Å²) in [6.07, 6.45) is 7.22. The van der Waals surface area contributed by atoms with Crippen LogP contribution in [0.1, 0.15) is 28.3 Å². The molecule has 1 aliphatic heterocycles. The number of pyridine rings is 1. The first-order valence-corrected chi connectivity index (χ1v) is 10.2. The van der Waals surface area contributed by atoms with Gasteiger partial charge in [0.05, 0.1) is 0 Å².